The van der Waals surface area contributed by atoms with Crippen LogP contribution in [0.4, 0.5) is 11.4 Å². The number of halogens is 2. The van der Waals surface area contributed by atoms with E-state index in [1.165, 1.54) is 32.8 Å². The van der Waals surface area contributed by atoms with Crippen molar-refractivity contribution in [3.8, 4) is 5.75 Å². The van der Waals surface area contributed by atoms with Gasteiger partial charge in [-0.1, -0.05) is 48.2 Å². The summed E-state index contributed by atoms with van der Waals surface area (Å²) in [6, 6.07) is 18.0. The third-order valence-corrected chi connectivity index (χ3v) is 8.30. The number of fused-ring (bicyclic) bond motifs is 1. The van der Waals surface area contributed by atoms with Gasteiger partial charge in [0.1, 0.15) is 5.75 Å². The number of methoxy groups -OCH3 is 1. The second-order valence-corrected chi connectivity index (χ2v) is 11.3. The topological polar surface area (TPSA) is 79.9 Å². The van der Waals surface area contributed by atoms with Crippen LogP contribution in [0.3, 0.4) is 0 Å². The molecule has 0 bridgehead atoms. The van der Waals surface area contributed by atoms with E-state index in [1.54, 1.807) is 53.4 Å². The summed E-state index contributed by atoms with van der Waals surface area (Å²) in [5, 5.41) is 7.39. The highest BCUT2D eigenvalue weighted by Gasteiger charge is 2.29. The van der Waals surface area contributed by atoms with Gasteiger partial charge in [-0.3, -0.25) is 9.59 Å². The van der Waals surface area contributed by atoms with Crippen LogP contribution in [0.5, 0.6) is 5.75 Å². The number of nitrogens with one attached hydrogen (secondary N) is 2. The van der Waals surface area contributed by atoms with Crippen LogP contribution >= 0.6 is 23.2 Å². The number of rotatable bonds is 9. The van der Waals surface area contributed by atoms with Crippen molar-refractivity contribution >= 4 is 46.4 Å². The molecule has 1 aliphatic carbocycles. The maximum atomic E-state index is 14.0. The number of ether oxygens (including phenoxy) is 2. The van der Waals surface area contributed by atoms with E-state index in [1.807, 2.05) is 12.1 Å². The molecule has 41 heavy (non-hydrogen) atoms. The number of hydrogen-bond acceptors (Lipinski definition) is 5. The summed E-state index contributed by atoms with van der Waals surface area (Å²) in [6.45, 7) is 1.92. The summed E-state index contributed by atoms with van der Waals surface area (Å²) >= 11 is 12.6. The van der Waals surface area contributed by atoms with E-state index < -0.39 is 0 Å². The first kappa shape index (κ1) is 29.4. The van der Waals surface area contributed by atoms with Crippen molar-refractivity contribution in [2.45, 2.75) is 50.7 Å². The highest BCUT2D eigenvalue weighted by atomic mass is 35.5. The van der Waals surface area contributed by atoms with Gasteiger partial charge in [0.25, 0.3) is 11.8 Å². The van der Waals surface area contributed by atoms with Crippen LogP contribution in [0, 0.1) is 0 Å². The molecule has 3 aromatic rings. The van der Waals surface area contributed by atoms with Crippen LogP contribution in [-0.2, 0) is 4.74 Å². The maximum Gasteiger partial charge on any atom is 0.262 e. The van der Waals surface area contributed by atoms with Gasteiger partial charge >= 0.3 is 0 Å². The lowest BCUT2D eigenvalue weighted by Gasteiger charge is -2.25. The summed E-state index contributed by atoms with van der Waals surface area (Å²) in [5.41, 5.74) is 2.94. The van der Waals surface area contributed by atoms with E-state index in [2.05, 4.69) is 10.6 Å². The molecule has 2 amide bonds. The molecule has 0 spiro atoms. The monoisotopic (exact) mass is 595 g/mol. The first-order chi connectivity index (χ1) is 19.9. The Labute approximate surface area is 251 Å². The number of anilines is 2. The Kier molecular flexibility index (Phi) is 9.83. The molecule has 0 aromatic heterocycles. The molecule has 0 radical (unpaired) electrons. The molecule has 1 heterocycles. The summed E-state index contributed by atoms with van der Waals surface area (Å²) in [4.78, 5) is 28.5. The fourth-order valence-electron chi connectivity index (χ4n) is 5.65. The minimum Gasteiger partial charge on any atom is -0.496 e. The number of carbonyl (C=O) groups is 2. The Morgan fingerprint density at radius 2 is 1.76 bits per heavy atom. The summed E-state index contributed by atoms with van der Waals surface area (Å²) in [7, 11) is 1.51. The molecule has 2 N–H and O–H groups in total. The lowest BCUT2D eigenvalue weighted by molar-refractivity contribution is 0.0482. The van der Waals surface area contributed by atoms with Gasteiger partial charge in [0.2, 0.25) is 0 Å². The Morgan fingerprint density at radius 3 is 2.54 bits per heavy atom. The summed E-state index contributed by atoms with van der Waals surface area (Å²) in [5.74, 6) is -0.185. The maximum absolute atomic E-state index is 14.0. The minimum absolute atomic E-state index is 0.156. The van der Waals surface area contributed by atoms with Gasteiger partial charge in [-0.15, -0.1) is 0 Å². The highest BCUT2D eigenvalue weighted by Crippen LogP contribution is 2.38. The third-order valence-electron chi connectivity index (χ3n) is 7.74. The average Bonchev–Trinajstić information content (AvgIpc) is 3.43. The van der Waals surface area contributed by atoms with Crippen LogP contribution in [0.2, 0.25) is 10.0 Å². The van der Waals surface area contributed by atoms with Crippen molar-refractivity contribution < 1.29 is 19.1 Å². The van der Waals surface area contributed by atoms with E-state index >= 15 is 0 Å². The number of amides is 2. The third kappa shape index (κ3) is 7.04. The molecule has 3 aromatic carbocycles. The zero-order valence-electron chi connectivity index (χ0n) is 23.1. The molecule has 1 aliphatic heterocycles. The van der Waals surface area contributed by atoms with Gasteiger partial charge in [0, 0.05) is 47.2 Å². The largest absolute Gasteiger partial charge is 0.496 e. The highest BCUT2D eigenvalue weighted by molar-refractivity contribution is 6.34. The molecule has 216 valence electrons. The number of hydrogen-bond donors (Lipinski definition) is 2. The smallest absolute Gasteiger partial charge is 0.262 e. The predicted octanol–water partition coefficient (Wildman–Crippen LogP) is 7.28. The van der Waals surface area contributed by atoms with Crippen LogP contribution in [0.1, 0.15) is 70.9 Å². The van der Waals surface area contributed by atoms with Crippen molar-refractivity contribution in [3.63, 3.8) is 0 Å². The van der Waals surface area contributed by atoms with E-state index in [9.17, 15) is 9.59 Å². The molecule has 2 aliphatic rings. The Hall–Kier alpha value is -3.10. The lowest BCUT2D eigenvalue weighted by Crippen LogP contribution is -2.32. The van der Waals surface area contributed by atoms with Crippen molar-refractivity contribution in [2.24, 2.45) is 0 Å². The molecule has 5 rings (SSSR count). The Morgan fingerprint density at radius 1 is 0.951 bits per heavy atom. The second kappa shape index (κ2) is 13.7. The molecule has 1 saturated carbocycles. The number of nitrogens with zero attached hydrogens (tertiary/aromatic N) is 1. The van der Waals surface area contributed by atoms with Gasteiger partial charge in [0.15, 0.2) is 0 Å². The SMILES string of the molecule is COc1cc(NC(=O)c2ccccc2Cl)ccc1C(=O)N1CCCC(OCCNC2CCCC2)c2cc(Cl)ccc21. The zero-order valence-corrected chi connectivity index (χ0v) is 24.6. The molecule has 1 fully saturated rings. The lowest BCUT2D eigenvalue weighted by atomic mass is 10.0. The van der Waals surface area contributed by atoms with Crippen molar-refractivity contribution in [3.05, 3.63) is 87.4 Å². The molecule has 0 saturated heterocycles. The van der Waals surface area contributed by atoms with E-state index in [-0.39, 0.29) is 17.9 Å². The fraction of sp³-hybridized carbons (Fsp3) is 0.375. The summed E-state index contributed by atoms with van der Waals surface area (Å²) < 4.78 is 11.9. The van der Waals surface area contributed by atoms with Crippen LogP contribution in [-0.4, -0.2) is 44.7 Å². The van der Waals surface area contributed by atoms with E-state index in [0.717, 1.165) is 30.6 Å². The quantitative estimate of drug-likeness (QED) is 0.254. The molecule has 9 heteroatoms. The van der Waals surface area contributed by atoms with Gasteiger partial charge in [-0.25, -0.2) is 0 Å². The van der Waals surface area contributed by atoms with Crippen LogP contribution < -0.4 is 20.3 Å². The fourth-order valence-corrected chi connectivity index (χ4v) is 6.05. The van der Waals surface area contributed by atoms with E-state index in [4.69, 9.17) is 32.7 Å². The first-order valence-electron chi connectivity index (χ1n) is 14.1. The zero-order chi connectivity index (χ0) is 28.8. The summed E-state index contributed by atoms with van der Waals surface area (Å²) in [6.07, 6.45) is 6.45. The van der Waals surface area contributed by atoms with Gasteiger partial charge in [-0.05, 0) is 68.1 Å². The second-order valence-electron chi connectivity index (χ2n) is 10.4. The first-order valence-corrected chi connectivity index (χ1v) is 14.9. The number of benzene rings is 3. The average molecular weight is 597 g/mol. The van der Waals surface area contributed by atoms with Crippen molar-refractivity contribution in [2.75, 3.05) is 37.0 Å². The van der Waals surface area contributed by atoms with Crippen molar-refractivity contribution in [1.82, 2.24) is 5.32 Å². The van der Waals surface area contributed by atoms with Gasteiger partial charge in [-0.2, -0.15) is 0 Å². The van der Waals surface area contributed by atoms with E-state index in [0.29, 0.717) is 51.8 Å². The Bertz CT molecular complexity index is 1390. The molecule has 1 unspecified atom stereocenters. The minimum atomic E-state index is -0.348. The Balaban J connectivity index is 1.33. The molecule has 1 atom stereocenters. The molecular formula is C32H35Cl2N3O4. The van der Waals surface area contributed by atoms with Crippen LogP contribution in [0.25, 0.3) is 0 Å². The van der Waals surface area contributed by atoms with Crippen molar-refractivity contribution in [1.29, 1.82) is 0 Å². The predicted molar refractivity (Wildman–Crippen MR) is 164 cm³/mol. The van der Waals surface area contributed by atoms with Gasteiger partial charge in [0.05, 0.1) is 36.0 Å². The standard InChI is InChI=1S/C32H35Cl2N3O4/c1-40-30-20-23(36-31(38)24-9-4-5-10-27(24)34)13-14-25(30)32(39)37-17-6-11-29(26-19-21(33)12-15-28(26)37)41-18-16-35-22-7-2-3-8-22/h4-5,9-10,12-15,19-20,22,29,35H,2-3,6-8,11,16-18H2,1H3,(H,36,38). The molecular weight excluding hydrogens is 561 g/mol. The molecule has 7 nitrogen and oxygen atoms in total. The number of carbonyl (C=O) groups excluding carboxylic acids is 2. The van der Waals surface area contributed by atoms with Crippen LogP contribution in [0.15, 0.2) is 60.7 Å². The normalized spacial score (nSPS) is 17.1. The van der Waals surface area contributed by atoms with Gasteiger partial charge < -0.3 is 25.0 Å².